The molecule has 0 amide bonds. The van der Waals surface area contributed by atoms with E-state index in [4.69, 9.17) is 4.74 Å². The van der Waals surface area contributed by atoms with Crippen molar-refractivity contribution in [1.82, 2.24) is 14.8 Å². The Bertz CT molecular complexity index is 584. The molecule has 2 atom stereocenters. The number of methoxy groups -OCH3 is 1. The van der Waals surface area contributed by atoms with Gasteiger partial charge in [0.15, 0.2) is 0 Å². The van der Waals surface area contributed by atoms with Crippen LogP contribution in [0.25, 0.3) is 6.08 Å². The van der Waals surface area contributed by atoms with E-state index in [1.54, 1.807) is 25.6 Å². The van der Waals surface area contributed by atoms with Gasteiger partial charge in [0.2, 0.25) is 0 Å². The van der Waals surface area contributed by atoms with Crippen molar-refractivity contribution >= 4 is 22.0 Å². The van der Waals surface area contributed by atoms with Gasteiger partial charge in [0, 0.05) is 36.6 Å². The summed E-state index contributed by atoms with van der Waals surface area (Å²) in [4.78, 5) is 8.90. The van der Waals surface area contributed by atoms with Crippen molar-refractivity contribution in [2.24, 2.45) is 0 Å². The Balaban J connectivity index is 2.34. The van der Waals surface area contributed by atoms with Crippen molar-refractivity contribution < 1.29 is 4.74 Å². The monoisotopic (exact) mass is 364 g/mol. The van der Waals surface area contributed by atoms with E-state index in [1.165, 1.54) is 0 Å². The smallest absolute Gasteiger partial charge is 0.129 e. The minimum Gasteiger partial charge on any atom is -0.496 e. The summed E-state index contributed by atoms with van der Waals surface area (Å²) in [6, 6.07) is 4.21. The number of halogens is 1. The van der Waals surface area contributed by atoms with Gasteiger partial charge in [-0.3, -0.25) is 14.8 Å². The molecule has 0 aromatic carbocycles. The molecule has 0 bridgehead atoms. The molecule has 22 heavy (non-hydrogen) atoms. The molecule has 1 aromatic heterocycles. The first-order chi connectivity index (χ1) is 10.6. The van der Waals surface area contributed by atoms with E-state index < -0.39 is 0 Å². The standard InChI is InChI=1S/C16H21BrN4O/c1-4-21-10-14(20(2)16(17)11-21)12(8-18)7-13-9-19-6-5-15(13)22-3/h5-7,9,14,16H,4,10-11H2,1-3H3/b12-7+. The molecule has 0 radical (unpaired) electrons. The molecule has 1 aromatic rings. The first-order valence-corrected chi connectivity index (χ1v) is 8.20. The molecule has 1 aliphatic heterocycles. The Morgan fingerprint density at radius 2 is 2.36 bits per heavy atom. The van der Waals surface area contributed by atoms with Crippen molar-refractivity contribution in [2.45, 2.75) is 17.9 Å². The number of pyridine rings is 1. The summed E-state index contributed by atoms with van der Waals surface area (Å²) in [5.74, 6) is 0.726. The average Bonchev–Trinajstić information content (AvgIpc) is 2.55. The van der Waals surface area contributed by atoms with Gasteiger partial charge in [-0.15, -0.1) is 0 Å². The number of likely N-dealkylation sites (N-methyl/N-ethyl adjacent to an activating group) is 2. The lowest BCUT2D eigenvalue weighted by Gasteiger charge is -2.42. The van der Waals surface area contributed by atoms with E-state index in [1.807, 2.05) is 13.1 Å². The van der Waals surface area contributed by atoms with E-state index in [2.05, 4.69) is 43.7 Å². The van der Waals surface area contributed by atoms with Crippen LogP contribution in [0.4, 0.5) is 0 Å². The number of piperazine rings is 1. The highest BCUT2D eigenvalue weighted by Gasteiger charge is 2.32. The van der Waals surface area contributed by atoms with Gasteiger partial charge in [-0.05, 0) is 25.7 Å². The first-order valence-electron chi connectivity index (χ1n) is 7.28. The number of hydrogen-bond acceptors (Lipinski definition) is 5. The Labute approximate surface area is 140 Å². The van der Waals surface area contributed by atoms with E-state index in [9.17, 15) is 5.26 Å². The van der Waals surface area contributed by atoms with E-state index >= 15 is 0 Å². The predicted octanol–water partition coefficient (Wildman–Crippen LogP) is 2.35. The van der Waals surface area contributed by atoms with Gasteiger partial charge in [0.05, 0.1) is 24.2 Å². The second-order valence-electron chi connectivity index (χ2n) is 5.30. The van der Waals surface area contributed by atoms with Crippen molar-refractivity contribution in [3.63, 3.8) is 0 Å². The summed E-state index contributed by atoms with van der Waals surface area (Å²) in [6.07, 6.45) is 5.29. The molecule has 118 valence electrons. The van der Waals surface area contributed by atoms with Crippen LogP contribution in [0, 0.1) is 11.3 Å². The van der Waals surface area contributed by atoms with E-state index in [0.717, 1.165) is 36.5 Å². The maximum Gasteiger partial charge on any atom is 0.129 e. The van der Waals surface area contributed by atoms with Gasteiger partial charge >= 0.3 is 0 Å². The molecule has 0 saturated carbocycles. The number of hydrogen-bond donors (Lipinski definition) is 0. The second-order valence-corrected chi connectivity index (χ2v) is 6.35. The zero-order valence-corrected chi connectivity index (χ0v) is 14.7. The topological polar surface area (TPSA) is 52.4 Å². The molecule has 0 spiro atoms. The fourth-order valence-corrected chi connectivity index (χ4v) is 3.31. The van der Waals surface area contributed by atoms with Gasteiger partial charge in [-0.1, -0.05) is 22.9 Å². The molecule has 2 rings (SSSR count). The maximum atomic E-state index is 9.63. The third-order valence-electron chi connectivity index (χ3n) is 4.05. The summed E-state index contributed by atoms with van der Waals surface area (Å²) >= 11 is 3.70. The predicted molar refractivity (Wildman–Crippen MR) is 90.8 cm³/mol. The SMILES string of the molecule is CCN1CC(Br)N(C)C(/C(C#N)=C/c2cnccc2OC)C1. The Hall–Kier alpha value is -1.42. The lowest BCUT2D eigenvalue weighted by atomic mass is 10.0. The number of nitriles is 1. The Kier molecular flexibility index (Phi) is 5.95. The minimum absolute atomic E-state index is 0.0491. The van der Waals surface area contributed by atoms with E-state index in [-0.39, 0.29) is 11.0 Å². The van der Waals surface area contributed by atoms with Crippen LogP contribution >= 0.6 is 15.9 Å². The number of alkyl halides is 1. The summed E-state index contributed by atoms with van der Waals surface area (Å²) in [5, 5.41) is 9.63. The Morgan fingerprint density at radius 3 is 3.00 bits per heavy atom. The summed E-state index contributed by atoms with van der Waals surface area (Å²) in [6.45, 7) is 4.92. The van der Waals surface area contributed by atoms with Gasteiger partial charge in [-0.2, -0.15) is 5.26 Å². The lowest BCUT2D eigenvalue weighted by molar-refractivity contribution is 0.108. The van der Waals surface area contributed by atoms with Crippen LogP contribution in [0.3, 0.4) is 0 Å². The highest BCUT2D eigenvalue weighted by Crippen LogP contribution is 2.26. The van der Waals surface area contributed by atoms with Crippen molar-refractivity contribution in [2.75, 3.05) is 33.8 Å². The zero-order chi connectivity index (χ0) is 16.1. The molecule has 2 unspecified atom stereocenters. The molecule has 1 fully saturated rings. The molecule has 1 saturated heterocycles. The number of aromatic nitrogens is 1. The molecule has 6 heteroatoms. The van der Waals surface area contributed by atoms with Gasteiger partial charge < -0.3 is 4.74 Å². The molecule has 2 heterocycles. The summed E-state index contributed by atoms with van der Waals surface area (Å²) in [5.41, 5.74) is 1.55. The summed E-state index contributed by atoms with van der Waals surface area (Å²) < 4.78 is 5.34. The number of ether oxygens (including phenoxy) is 1. The van der Waals surface area contributed by atoms with Crippen LogP contribution in [0.2, 0.25) is 0 Å². The largest absolute Gasteiger partial charge is 0.496 e. The van der Waals surface area contributed by atoms with Crippen LogP contribution in [0.1, 0.15) is 12.5 Å². The fourth-order valence-electron chi connectivity index (χ4n) is 2.62. The third kappa shape index (κ3) is 3.67. The highest BCUT2D eigenvalue weighted by molar-refractivity contribution is 9.09. The molecule has 1 aliphatic rings. The van der Waals surface area contributed by atoms with Gasteiger partial charge in [0.25, 0.3) is 0 Å². The van der Waals surface area contributed by atoms with Crippen LogP contribution < -0.4 is 4.74 Å². The quantitative estimate of drug-likeness (QED) is 0.466. The molecule has 5 nitrogen and oxygen atoms in total. The summed E-state index contributed by atoms with van der Waals surface area (Å²) in [7, 11) is 3.67. The lowest BCUT2D eigenvalue weighted by Crippen LogP contribution is -2.55. The molecule has 0 N–H and O–H groups in total. The van der Waals surface area contributed by atoms with Crippen LogP contribution in [0.5, 0.6) is 5.75 Å². The molecule has 0 aliphatic carbocycles. The van der Waals surface area contributed by atoms with Crippen LogP contribution in [0.15, 0.2) is 24.0 Å². The van der Waals surface area contributed by atoms with Crippen molar-refractivity contribution in [3.8, 4) is 11.8 Å². The average molecular weight is 365 g/mol. The molecular formula is C16H21BrN4O. The third-order valence-corrected chi connectivity index (χ3v) is 4.99. The number of nitrogens with zero attached hydrogens (tertiary/aromatic N) is 4. The van der Waals surface area contributed by atoms with Crippen molar-refractivity contribution in [1.29, 1.82) is 5.26 Å². The maximum absolute atomic E-state index is 9.63. The van der Waals surface area contributed by atoms with Gasteiger partial charge in [0.1, 0.15) is 5.75 Å². The Morgan fingerprint density at radius 1 is 1.59 bits per heavy atom. The van der Waals surface area contributed by atoms with Crippen LogP contribution in [-0.4, -0.2) is 59.6 Å². The first kappa shape index (κ1) is 16.9. The minimum atomic E-state index is 0.0491. The van der Waals surface area contributed by atoms with Crippen LogP contribution in [-0.2, 0) is 0 Å². The number of rotatable bonds is 4. The second kappa shape index (κ2) is 7.73. The highest BCUT2D eigenvalue weighted by atomic mass is 79.9. The van der Waals surface area contributed by atoms with E-state index in [0.29, 0.717) is 0 Å². The zero-order valence-electron chi connectivity index (χ0n) is 13.2. The normalized spacial score (nSPS) is 24.0. The van der Waals surface area contributed by atoms with Crippen molar-refractivity contribution in [3.05, 3.63) is 29.6 Å². The molecular weight excluding hydrogens is 344 g/mol. The fraction of sp³-hybridized carbons (Fsp3) is 0.500. The van der Waals surface area contributed by atoms with Gasteiger partial charge in [-0.25, -0.2) is 0 Å².